The van der Waals surface area contributed by atoms with Crippen LogP contribution in [0.5, 0.6) is 0 Å². The van der Waals surface area contributed by atoms with Gasteiger partial charge in [0.15, 0.2) is 5.76 Å². The lowest BCUT2D eigenvalue weighted by molar-refractivity contribution is -0.171. The van der Waals surface area contributed by atoms with Crippen molar-refractivity contribution in [2.75, 3.05) is 13.7 Å². The molecule has 4 aliphatic rings. The van der Waals surface area contributed by atoms with Gasteiger partial charge in [-0.1, -0.05) is 13.0 Å². The second kappa shape index (κ2) is 4.71. The number of methoxy groups -OCH3 is 1. The molecule has 1 saturated carbocycles. The predicted octanol–water partition coefficient (Wildman–Crippen LogP) is 1.50. The number of carbonyl (C=O) groups excluding carboxylic acids is 3. The number of ether oxygens (including phenoxy) is 2. The fourth-order valence-electron chi connectivity index (χ4n) is 5.34. The lowest BCUT2D eigenvalue weighted by Gasteiger charge is -2.46. The zero-order valence-corrected chi connectivity index (χ0v) is 14.0. The van der Waals surface area contributed by atoms with Gasteiger partial charge in [0.2, 0.25) is 11.7 Å². The molecule has 4 rings (SSSR count). The van der Waals surface area contributed by atoms with Crippen molar-refractivity contribution in [1.82, 2.24) is 4.90 Å². The van der Waals surface area contributed by atoms with Crippen LogP contribution in [0.15, 0.2) is 23.5 Å². The molecule has 0 N–H and O–H groups in total. The molecule has 6 nitrogen and oxygen atoms in total. The monoisotopic (exact) mass is 331 g/mol. The maximum absolute atomic E-state index is 13.3. The van der Waals surface area contributed by atoms with E-state index in [9.17, 15) is 14.4 Å². The Bertz CT molecular complexity index is 723. The number of carbonyl (C=O) groups is 3. The summed E-state index contributed by atoms with van der Waals surface area (Å²) >= 11 is 0. The van der Waals surface area contributed by atoms with Crippen LogP contribution in [0.4, 0.5) is 0 Å². The van der Waals surface area contributed by atoms with E-state index in [-0.39, 0.29) is 23.4 Å². The first-order chi connectivity index (χ1) is 11.4. The summed E-state index contributed by atoms with van der Waals surface area (Å²) < 4.78 is 11.3. The van der Waals surface area contributed by atoms with Crippen molar-refractivity contribution in [3.05, 3.63) is 23.5 Å². The molecule has 0 radical (unpaired) electrons. The van der Waals surface area contributed by atoms with Crippen LogP contribution in [0.2, 0.25) is 0 Å². The van der Waals surface area contributed by atoms with Gasteiger partial charge in [-0.15, -0.1) is 0 Å². The second-order valence-electron chi connectivity index (χ2n) is 7.10. The second-order valence-corrected chi connectivity index (χ2v) is 7.10. The van der Waals surface area contributed by atoms with Crippen LogP contribution < -0.4 is 0 Å². The van der Waals surface area contributed by atoms with Gasteiger partial charge in [0.25, 0.3) is 5.60 Å². The maximum Gasteiger partial charge on any atom is 0.338 e. The molecule has 3 atom stereocenters. The van der Waals surface area contributed by atoms with Gasteiger partial charge in [0.05, 0.1) is 12.7 Å². The number of rotatable bonds is 1. The molecule has 1 aliphatic carbocycles. The first-order valence-electron chi connectivity index (χ1n) is 8.44. The number of esters is 1. The minimum absolute atomic E-state index is 0.0137. The minimum Gasteiger partial charge on any atom is -0.496 e. The predicted molar refractivity (Wildman–Crippen MR) is 83.7 cm³/mol. The van der Waals surface area contributed by atoms with E-state index in [0.29, 0.717) is 30.5 Å². The molecular formula is C18H21NO5. The molecule has 0 bridgehead atoms. The van der Waals surface area contributed by atoms with Crippen LogP contribution in [0.3, 0.4) is 0 Å². The lowest BCUT2D eigenvalue weighted by Crippen LogP contribution is -2.65. The Morgan fingerprint density at radius 2 is 2.04 bits per heavy atom. The summed E-state index contributed by atoms with van der Waals surface area (Å²) in [7, 11) is 1.44. The quantitative estimate of drug-likeness (QED) is 0.538. The van der Waals surface area contributed by atoms with E-state index in [4.69, 9.17) is 9.47 Å². The molecule has 128 valence electrons. The van der Waals surface area contributed by atoms with Crippen molar-refractivity contribution in [2.24, 2.45) is 5.92 Å². The van der Waals surface area contributed by atoms with Gasteiger partial charge < -0.3 is 14.4 Å². The highest BCUT2D eigenvalue weighted by Gasteiger charge is 2.78. The van der Waals surface area contributed by atoms with Gasteiger partial charge in [0.1, 0.15) is 5.54 Å². The minimum atomic E-state index is -1.55. The first kappa shape index (κ1) is 15.4. The van der Waals surface area contributed by atoms with Gasteiger partial charge in [-0.2, -0.15) is 0 Å². The Labute approximate surface area is 140 Å². The van der Waals surface area contributed by atoms with Crippen LogP contribution in [-0.4, -0.2) is 47.4 Å². The van der Waals surface area contributed by atoms with Gasteiger partial charge in [-0.3, -0.25) is 9.59 Å². The summed E-state index contributed by atoms with van der Waals surface area (Å²) in [5.41, 5.74) is -1.68. The number of hydrogen-bond donors (Lipinski definition) is 0. The zero-order chi connectivity index (χ0) is 17.3. The normalized spacial score (nSPS) is 38.6. The Morgan fingerprint density at radius 1 is 1.29 bits per heavy atom. The van der Waals surface area contributed by atoms with E-state index < -0.39 is 17.1 Å². The molecule has 1 amide bonds. The van der Waals surface area contributed by atoms with Gasteiger partial charge in [0, 0.05) is 18.9 Å². The molecule has 6 heteroatoms. The van der Waals surface area contributed by atoms with Crippen molar-refractivity contribution < 1.29 is 23.9 Å². The summed E-state index contributed by atoms with van der Waals surface area (Å²) in [4.78, 5) is 40.0. The Balaban J connectivity index is 2.03. The standard InChI is InChI=1S/C18H21NO5/c1-10-12-6-4-5-9-19-13(20)7-8-17(12,19)18(14(10)21)15(23-3)11(2)16(22)24-18/h12H,1,4-9H2,2-3H3/t12-,17-,18+/m0/s1. The molecule has 0 aromatic heterocycles. The summed E-state index contributed by atoms with van der Waals surface area (Å²) in [6.07, 6.45) is 3.39. The molecular weight excluding hydrogens is 310 g/mol. The van der Waals surface area contributed by atoms with Gasteiger partial charge in [-0.25, -0.2) is 4.79 Å². The number of hydrogen-bond acceptors (Lipinski definition) is 5. The number of nitrogens with zero attached hydrogens (tertiary/aromatic N) is 1. The van der Waals surface area contributed by atoms with Crippen LogP contribution in [-0.2, 0) is 23.9 Å². The smallest absolute Gasteiger partial charge is 0.338 e. The molecule has 0 aromatic carbocycles. The number of Topliss-reactive ketones (excluding diaryl/α,β-unsaturated/α-hetero) is 1. The SMILES string of the molecule is C=C1C(=O)[C@]2(OC(=O)C(C)=C2OC)[C@@]23CCC(=O)N2CCCC[C@@H]13. The van der Waals surface area contributed by atoms with Crippen molar-refractivity contribution in [1.29, 1.82) is 0 Å². The van der Waals surface area contributed by atoms with Crippen LogP contribution in [0.25, 0.3) is 0 Å². The fourth-order valence-corrected chi connectivity index (χ4v) is 5.34. The third-order valence-electron chi connectivity index (χ3n) is 6.26. The number of amides is 1. The molecule has 0 aromatic rings. The van der Waals surface area contributed by atoms with Gasteiger partial charge >= 0.3 is 5.97 Å². The molecule has 2 spiro atoms. The van der Waals surface area contributed by atoms with Crippen LogP contribution in [0, 0.1) is 5.92 Å². The highest BCUT2D eigenvalue weighted by molar-refractivity contribution is 6.14. The van der Waals surface area contributed by atoms with Crippen molar-refractivity contribution in [3.8, 4) is 0 Å². The first-order valence-corrected chi connectivity index (χ1v) is 8.44. The Hall–Kier alpha value is -2.11. The zero-order valence-electron chi connectivity index (χ0n) is 14.0. The maximum atomic E-state index is 13.3. The van der Waals surface area contributed by atoms with Crippen LogP contribution >= 0.6 is 0 Å². The Kier molecular flexibility index (Phi) is 3.03. The average molecular weight is 331 g/mol. The lowest BCUT2D eigenvalue weighted by atomic mass is 9.72. The van der Waals surface area contributed by atoms with Gasteiger partial charge in [-0.05, 0) is 31.8 Å². The van der Waals surface area contributed by atoms with Crippen molar-refractivity contribution in [2.45, 2.75) is 50.2 Å². The van der Waals surface area contributed by atoms with Crippen molar-refractivity contribution in [3.63, 3.8) is 0 Å². The molecule has 3 aliphatic heterocycles. The van der Waals surface area contributed by atoms with E-state index in [1.807, 2.05) is 0 Å². The largest absolute Gasteiger partial charge is 0.496 e. The molecule has 3 heterocycles. The molecule has 24 heavy (non-hydrogen) atoms. The fraction of sp³-hybridized carbons (Fsp3) is 0.611. The third kappa shape index (κ3) is 1.41. The molecule has 0 unspecified atom stereocenters. The van der Waals surface area contributed by atoms with E-state index in [1.165, 1.54) is 7.11 Å². The average Bonchev–Trinajstić information content (AvgIpc) is 3.00. The highest BCUT2D eigenvalue weighted by atomic mass is 16.6. The number of ketones is 1. The topological polar surface area (TPSA) is 72.9 Å². The van der Waals surface area contributed by atoms with E-state index in [0.717, 1.165) is 19.3 Å². The van der Waals surface area contributed by atoms with E-state index in [1.54, 1.807) is 11.8 Å². The highest BCUT2D eigenvalue weighted by Crippen LogP contribution is 2.62. The van der Waals surface area contributed by atoms with Crippen molar-refractivity contribution >= 4 is 17.7 Å². The Morgan fingerprint density at radius 3 is 2.75 bits per heavy atom. The van der Waals surface area contributed by atoms with E-state index >= 15 is 0 Å². The molecule has 3 fully saturated rings. The summed E-state index contributed by atoms with van der Waals surface area (Å²) in [6.45, 7) is 6.20. The summed E-state index contributed by atoms with van der Waals surface area (Å²) in [5.74, 6) is -0.784. The van der Waals surface area contributed by atoms with Crippen LogP contribution in [0.1, 0.15) is 39.0 Å². The summed E-state index contributed by atoms with van der Waals surface area (Å²) in [6, 6.07) is 0. The van der Waals surface area contributed by atoms with E-state index in [2.05, 4.69) is 6.58 Å². The molecule has 2 saturated heterocycles. The third-order valence-corrected chi connectivity index (χ3v) is 6.26. The summed E-state index contributed by atoms with van der Waals surface area (Å²) in [5, 5.41) is 0.